The second-order valence-corrected chi connectivity index (χ2v) is 4.75. The Kier molecular flexibility index (Phi) is 3.91. The molecule has 0 heterocycles. The minimum Gasteiger partial charge on any atom is -0.276 e. The molecule has 0 fully saturated rings. The molecule has 2 aromatic rings. The fourth-order valence-corrected chi connectivity index (χ4v) is 2.19. The first-order chi connectivity index (χ1) is 8.50. The lowest BCUT2D eigenvalue weighted by Crippen LogP contribution is -1.97. The molecular weight excluding hydrogens is 297 g/mol. The van der Waals surface area contributed by atoms with Crippen LogP contribution in [-0.4, -0.2) is 5.24 Å². The molecule has 0 N–H and O–H groups in total. The lowest BCUT2D eigenvalue weighted by Gasteiger charge is -2.10. The number of halogens is 4. The lowest BCUT2D eigenvalue weighted by atomic mass is 9.99. The summed E-state index contributed by atoms with van der Waals surface area (Å²) in [6, 6.07) is 8.68. The summed E-state index contributed by atoms with van der Waals surface area (Å²) < 4.78 is 13.9. The van der Waals surface area contributed by atoms with Crippen molar-refractivity contribution in [2.75, 3.05) is 0 Å². The molecule has 1 nitrogen and oxygen atoms in total. The summed E-state index contributed by atoms with van der Waals surface area (Å²) >= 11 is 17.3. The zero-order chi connectivity index (χ0) is 13.3. The van der Waals surface area contributed by atoms with Gasteiger partial charge in [-0.2, -0.15) is 0 Å². The molecule has 92 valence electrons. The van der Waals surface area contributed by atoms with Gasteiger partial charge in [-0.15, -0.1) is 0 Å². The Bertz CT molecular complexity index is 626. The van der Waals surface area contributed by atoms with E-state index in [0.717, 1.165) is 0 Å². The van der Waals surface area contributed by atoms with Gasteiger partial charge in [0, 0.05) is 26.7 Å². The predicted octanol–water partition coefficient (Wildman–Crippen LogP) is 5.18. The smallest absolute Gasteiger partial charge is 0.253 e. The van der Waals surface area contributed by atoms with Crippen LogP contribution in [0.15, 0.2) is 36.4 Å². The standard InChI is InChI=1S/C13H6Cl3FO/c14-7-4-5-10(15)9(6-7)12-8(13(16)18)2-1-3-11(12)17/h1-6H. The normalized spacial score (nSPS) is 10.4. The molecule has 0 aliphatic heterocycles. The summed E-state index contributed by atoms with van der Waals surface area (Å²) in [6.07, 6.45) is 0. The van der Waals surface area contributed by atoms with E-state index in [1.165, 1.54) is 30.3 Å². The van der Waals surface area contributed by atoms with E-state index in [9.17, 15) is 9.18 Å². The highest BCUT2D eigenvalue weighted by molar-refractivity contribution is 6.68. The van der Waals surface area contributed by atoms with Gasteiger partial charge in [-0.1, -0.05) is 29.3 Å². The highest BCUT2D eigenvalue weighted by Gasteiger charge is 2.17. The lowest BCUT2D eigenvalue weighted by molar-refractivity contribution is 0.108. The zero-order valence-electron chi connectivity index (χ0n) is 8.88. The molecule has 5 heteroatoms. The number of rotatable bonds is 2. The number of carbonyl (C=O) groups excluding carboxylic acids is 1. The monoisotopic (exact) mass is 302 g/mol. The van der Waals surface area contributed by atoms with Gasteiger partial charge in [-0.25, -0.2) is 4.39 Å². The molecule has 0 radical (unpaired) electrons. The van der Waals surface area contributed by atoms with E-state index in [1.54, 1.807) is 6.07 Å². The van der Waals surface area contributed by atoms with E-state index in [-0.39, 0.29) is 11.1 Å². The highest BCUT2D eigenvalue weighted by Crippen LogP contribution is 2.35. The Hall–Kier alpha value is -1.09. The van der Waals surface area contributed by atoms with Crippen molar-refractivity contribution in [3.05, 3.63) is 57.8 Å². The Morgan fingerprint density at radius 1 is 1.11 bits per heavy atom. The first-order valence-corrected chi connectivity index (χ1v) is 6.08. The average molecular weight is 304 g/mol. The van der Waals surface area contributed by atoms with Gasteiger partial charge >= 0.3 is 0 Å². The van der Waals surface area contributed by atoms with Gasteiger partial charge < -0.3 is 0 Å². The first kappa shape index (κ1) is 13.3. The molecule has 18 heavy (non-hydrogen) atoms. The van der Waals surface area contributed by atoms with Gasteiger partial charge in [0.05, 0.1) is 0 Å². The number of hydrogen-bond donors (Lipinski definition) is 0. The topological polar surface area (TPSA) is 17.1 Å². The van der Waals surface area contributed by atoms with Crippen LogP contribution in [0.3, 0.4) is 0 Å². The third kappa shape index (κ3) is 2.51. The van der Waals surface area contributed by atoms with Crippen LogP contribution < -0.4 is 0 Å². The highest BCUT2D eigenvalue weighted by atomic mass is 35.5. The maximum absolute atomic E-state index is 13.9. The summed E-state index contributed by atoms with van der Waals surface area (Å²) in [4.78, 5) is 11.3. The Labute approximate surface area is 118 Å². The Morgan fingerprint density at radius 2 is 1.83 bits per heavy atom. The van der Waals surface area contributed by atoms with Gasteiger partial charge in [-0.05, 0) is 41.9 Å². The third-order valence-electron chi connectivity index (χ3n) is 2.42. The summed E-state index contributed by atoms with van der Waals surface area (Å²) in [5.41, 5.74) is 0.456. The molecule has 0 aliphatic carbocycles. The summed E-state index contributed by atoms with van der Waals surface area (Å²) in [5.74, 6) is -0.578. The van der Waals surface area contributed by atoms with E-state index in [4.69, 9.17) is 34.8 Å². The van der Waals surface area contributed by atoms with Crippen molar-refractivity contribution in [2.45, 2.75) is 0 Å². The van der Waals surface area contributed by atoms with E-state index in [1.807, 2.05) is 0 Å². The third-order valence-corrected chi connectivity index (χ3v) is 3.19. The molecule has 0 unspecified atom stereocenters. The fraction of sp³-hybridized carbons (Fsp3) is 0. The van der Waals surface area contributed by atoms with Crippen LogP contribution in [0.2, 0.25) is 10.0 Å². The largest absolute Gasteiger partial charge is 0.276 e. The van der Waals surface area contributed by atoms with Crippen LogP contribution >= 0.6 is 34.8 Å². The van der Waals surface area contributed by atoms with Crippen molar-refractivity contribution in [1.29, 1.82) is 0 Å². The number of carbonyl (C=O) groups is 1. The molecule has 2 rings (SSSR count). The molecule has 0 atom stereocenters. The van der Waals surface area contributed by atoms with Crippen molar-refractivity contribution in [2.24, 2.45) is 0 Å². The molecule has 0 aliphatic rings. The maximum Gasteiger partial charge on any atom is 0.253 e. The quantitative estimate of drug-likeness (QED) is 0.699. The predicted molar refractivity (Wildman–Crippen MR) is 72.0 cm³/mol. The minimum absolute atomic E-state index is 0.0563. The summed E-state index contributed by atoms with van der Waals surface area (Å²) in [6.45, 7) is 0. The second kappa shape index (κ2) is 5.27. The van der Waals surface area contributed by atoms with Gasteiger partial charge in [0.2, 0.25) is 0 Å². The molecule has 0 amide bonds. The van der Waals surface area contributed by atoms with E-state index in [0.29, 0.717) is 15.6 Å². The van der Waals surface area contributed by atoms with Crippen LogP contribution in [0.1, 0.15) is 10.4 Å². The van der Waals surface area contributed by atoms with Crippen LogP contribution in [0.5, 0.6) is 0 Å². The first-order valence-electron chi connectivity index (χ1n) is 4.94. The average Bonchev–Trinajstić information content (AvgIpc) is 2.32. The molecule has 0 spiro atoms. The van der Waals surface area contributed by atoms with Crippen molar-refractivity contribution in [3.63, 3.8) is 0 Å². The molecular formula is C13H6Cl3FO. The molecule has 0 aromatic heterocycles. The van der Waals surface area contributed by atoms with Crippen LogP contribution in [0.25, 0.3) is 11.1 Å². The second-order valence-electron chi connectivity index (χ2n) is 3.56. The molecule has 0 saturated heterocycles. The Balaban J connectivity index is 2.77. The van der Waals surface area contributed by atoms with Crippen molar-refractivity contribution >= 4 is 40.0 Å². The van der Waals surface area contributed by atoms with Crippen molar-refractivity contribution in [3.8, 4) is 11.1 Å². The van der Waals surface area contributed by atoms with E-state index < -0.39 is 11.1 Å². The molecule has 0 saturated carbocycles. The van der Waals surface area contributed by atoms with Crippen molar-refractivity contribution < 1.29 is 9.18 Å². The molecule has 0 bridgehead atoms. The van der Waals surface area contributed by atoms with Crippen LogP contribution in [-0.2, 0) is 0 Å². The summed E-state index contributed by atoms with van der Waals surface area (Å²) in [5, 5.41) is -0.0603. The van der Waals surface area contributed by atoms with E-state index in [2.05, 4.69) is 0 Å². The van der Waals surface area contributed by atoms with Crippen LogP contribution in [0, 0.1) is 5.82 Å². The van der Waals surface area contributed by atoms with Gasteiger partial charge in [0.15, 0.2) is 0 Å². The van der Waals surface area contributed by atoms with Crippen LogP contribution in [0.4, 0.5) is 4.39 Å². The van der Waals surface area contributed by atoms with Gasteiger partial charge in [0.25, 0.3) is 5.24 Å². The fourth-order valence-electron chi connectivity index (χ4n) is 1.65. The number of hydrogen-bond acceptors (Lipinski definition) is 1. The van der Waals surface area contributed by atoms with Gasteiger partial charge in [-0.3, -0.25) is 4.79 Å². The molecule has 2 aromatic carbocycles. The number of benzene rings is 2. The Morgan fingerprint density at radius 3 is 2.50 bits per heavy atom. The minimum atomic E-state index is -0.749. The SMILES string of the molecule is O=C(Cl)c1cccc(F)c1-c1cc(Cl)ccc1Cl. The van der Waals surface area contributed by atoms with Crippen molar-refractivity contribution in [1.82, 2.24) is 0 Å². The zero-order valence-corrected chi connectivity index (χ0v) is 11.2. The maximum atomic E-state index is 13.9. The van der Waals surface area contributed by atoms with Gasteiger partial charge in [0.1, 0.15) is 5.82 Å². The van der Waals surface area contributed by atoms with E-state index >= 15 is 0 Å². The summed E-state index contributed by atoms with van der Waals surface area (Å²) in [7, 11) is 0.